The number of methoxy groups -OCH3 is 1. The molecule has 2 N–H and O–H groups in total. The maximum absolute atomic E-state index is 12.9. The van der Waals surface area contributed by atoms with Gasteiger partial charge in [0.15, 0.2) is 17.2 Å². The molecule has 1 aromatic heterocycles. The van der Waals surface area contributed by atoms with Gasteiger partial charge in [-0.2, -0.15) is 0 Å². The summed E-state index contributed by atoms with van der Waals surface area (Å²) < 4.78 is 23.0. The molecular formula is C24H38N2O7. The molecule has 1 saturated heterocycles. The Labute approximate surface area is 196 Å². The van der Waals surface area contributed by atoms with Crippen molar-refractivity contribution in [1.29, 1.82) is 0 Å². The van der Waals surface area contributed by atoms with Crippen molar-refractivity contribution in [1.82, 2.24) is 10.3 Å². The van der Waals surface area contributed by atoms with E-state index in [1.807, 2.05) is 0 Å². The Morgan fingerprint density at radius 1 is 1.21 bits per heavy atom. The van der Waals surface area contributed by atoms with Crippen molar-refractivity contribution in [3.8, 4) is 11.5 Å². The number of amides is 1. The van der Waals surface area contributed by atoms with Crippen molar-refractivity contribution < 1.29 is 33.6 Å². The normalized spacial score (nSPS) is 24.1. The highest BCUT2D eigenvalue weighted by Crippen LogP contribution is 2.28. The fourth-order valence-corrected chi connectivity index (χ4v) is 3.61. The lowest BCUT2D eigenvalue weighted by molar-refractivity contribution is -0.169. The van der Waals surface area contributed by atoms with Gasteiger partial charge in [0.1, 0.15) is 18.2 Å². The van der Waals surface area contributed by atoms with E-state index in [-0.39, 0.29) is 23.3 Å². The molecule has 1 aliphatic heterocycles. The van der Waals surface area contributed by atoms with Gasteiger partial charge < -0.3 is 29.4 Å². The van der Waals surface area contributed by atoms with E-state index in [2.05, 4.69) is 38.0 Å². The topological polar surface area (TPSA) is 116 Å². The van der Waals surface area contributed by atoms with Gasteiger partial charge in [0.05, 0.1) is 13.2 Å². The molecule has 4 atom stereocenters. The van der Waals surface area contributed by atoms with Crippen molar-refractivity contribution in [2.45, 2.75) is 78.2 Å². The van der Waals surface area contributed by atoms with Crippen LogP contribution in [0.4, 0.5) is 0 Å². The summed E-state index contributed by atoms with van der Waals surface area (Å²) in [6, 6.07) is 0.554. The molecule has 1 amide bonds. The minimum atomic E-state index is -0.887. The zero-order valence-corrected chi connectivity index (χ0v) is 20.5. The predicted octanol–water partition coefficient (Wildman–Crippen LogP) is 3.09. The molecule has 0 spiro atoms. The average molecular weight is 467 g/mol. The number of hydrogen-bond acceptors (Lipinski definition) is 8. The average Bonchev–Trinajstić information content (AvgIpc) is 2.80. The van der Waals surface area contributed by atoms with E-state index in [0.29, 0.717) is 44.3 Å². The van der Waals surface area contributed by atoms with Crippen LogP contribution in [-0.2, 0) is 19.0 Å². The fourth-order valence-electron chi connectivity index (χ4n) is 3.61. The third-order valence-electron chi connectivity index (χ3n) is 5.29. The van der Waals surface area contributed by atoms with Gasteiger partial charge in [-0.1, -0.05) is 27.7 Å². The van der Waals surface area contributed by atoms with Crippen molar-refractivity contribution >= 4 is 11.9 Å². The van der Waals surface area contributed by atoms with E-state index in [0.717, 1.165) is 0 Å². The van der Waals surface area contributed by atoms with Crippen LogP contribution in [0.2, 0.25) is 0 Å². The number of esters is 1. The predicted molar refractivity (Wildman–Crippen MR) is 122 cm³/mol. The highest BCUT2D eigenvalue weighted by atomic mass is 16.6. The number of ether oxygens (including phenoxy) is 4. The molecule has 0 bridgehead atoms. The molecule has 0 saturated carbocycles. The molecule has 9 nitrogen and oxygen atoms in total. The minimum absolute atomic E-state index is 0.121. The summed E-state index contributed by atoms with van der Waals surface area (Å²) in [6.45, 7) is 11.2. The molecule has 4 unspecified atom stereocenters. The van der Waals surface area contributed by atoms with Gasteiger partial charge in [-0.05, 0) is 38.0 Å². The van der Waals surface area contributed by atoms with Crippen LogP contribution >= 0.6 is 0 Å². The lowest BCUT2D eigenvalue weighted by Gasteiger charge is -2.32. The Bertz CT molecular complexity index is 784. The van der Waals surface area contributed by atoms with E-state index in [9.17, 15) is 14.7 Å². The number of nitrogens with zero attached hydrogens (tertiary/aromatic N) is 1. The number of nitrogens with one attached hydrogen (secondary N) is 1. The quantitative estimate of drug-likeness (QED) is 0.534. The summed E-state index contributed by atoms with van der Waals surface area (Å²) in [4.78, 5) is 29.6. The second kappa shape index (κ2) is 12.7. The minimum Gasteiger partial charge on any atom is -0.503 e. The van der Waals surface area contributed by atoms with Crippen LogP contribution in [0.3, 0.4) is 0 Å². The van der Waals surface area contributed by atoms with Crippen LogP contribution in [0.1, 0.15) is 64.4 Å². The molecule has 1 fully saturated rings. The Kier molecular flexibility index (Phi) is 10.4. The van der Waals surface area contributed by atoms with Crippen LogP contribution in [-0.4, -0.2) is 66.6 Å². The van der Waals surface area contributed by atoms with E-state index in [1.54, 1.807) is 6.92 Å². The van der Waals surface area contributed by atoms with Crippen molar-refractivity contribution in [2.75, 3.05) is 20.3 Å². The number of cyclic esters (lactones) is 1. The molecule has 0 aromatic carbocycles. The zero-order valence-electron chi connectivity index (χ0n) is 20.5. The molecule has 1 aromatic rings. The zero-order chi connectivity index (χ0) is 24.5. The Morgan fingerprint density at radius 2 is 1.88 bits per heavy atom. The molecule has 2 heterocycles. The first-order chi connectivity index (χ1) is 15.6. The Hall–Kier alpha value is -2.39. The summed E-state index contributed by atoms with van der Waals surface area (Å²) >= 11 is 0. The monoisotopic (exact) mass is 466 g/mol. The van der Waals surface area contributed by atoms with E-state index >= 15 is 0 Å². The third kappa shape index (κ3) is 7.85. The van der Waals surface area contributed by atoms with Crippen LogP contribution < -0.4 is 10.1 Å². The van der Waals surface area contributed by atoms with Gasteiger partial charge in [-0.15, -0.1) is 0 Å². The largest absolute Gasteiger partial charge is 0.503 e. The number of hydrogen-bond donors (Lipinski definition) is 2. The van der Waals surface area contributed by atoms with E-state index < -0.39 is 30.1 Å². The lowest BCUT2D eigenvalue weighted by Crippen LogP contribution is -2.46. The highest BCUT2D eigenvalue weighted by Gasteiger charge is 2.36. The number of aromatic nitrogens is 1. The van der Waals surface area contributed by atoms with Gasteiger partial charge in [0, 0.05) is 25.5 Å². The van der Waals surface area contributed by atoms with Crippen LogP contribution in [0.15, 0.2) is 12.3 Å². The molecule has 1 aliphatic rings. The first-order valence-corrected chi connectivity index (χ1v) is 11.6. The van der Waals surface area contributed by atoms with Gasteiger partial charge in [0.2, 0.25) is 0 Å². The second-order valence-electron chi connectivity index (χ2n) is 9.27. The number of rotatable bonds is 9. The van der Waals surface area contributed by atoms with Gasteiger partial charge in [-0.25, -0.2) is 9.78 Å². The Balaban J connectivity index is 2.17. The summed E-state index contributed by atoms with van der Waals surface area (Å²) in [5.41, 5.74) is -0.216. The lowest BCUT2D eigenvalue weighted by atomic mass is 10.0. The summed E-state index contributed by atoms with van der Waals surface area (Å²) in [5, 5.41) is 12.9. The highest BCUT2D eigenvalue weighted by molar-refractivity contribution is 5.97. The van der Waals surface area contributed by atoms with Gasteiger partial charge in [-0.3, -0.25) is 4.79 Å². The summed E-state index contributed by atoms with van der Waals surface area (Å²) in [6.07, 6.45) is 1.79. The van der Waals surface area contributed by atoms with Crippen molar-refractivity contribution in [2.24, 2.45) is 11.8 Å². The molecule has 33 heavy (non-hydrogen) atoms. The van der Waals surface area contributed by atoms with Crippen molar-refractivity contribution in [3.63, 3.8) is 0 Å². The molecule has 2 rings (SSSR count). The third-order valence-corrected chi connectivity index (χ3v) is 5.29. The molecule has 186 valence electrons. The number of carbonyl (C=O) groups excluding carboxylic acids is 2. The smallest absolute Gasteiger partial charge is 0.329 e. The van der Waals surface area contributed by atoms with Gasteiger partial charge >= 0.3 is 5.97 Å². The SMILES string of the molecule is COc1ccnc(C(=O)NC2CCCC(OCC(C)C)C(OCC(C)C)C(C)OC2=O)c1O. The fraction of sp³-hybridized carbons (Fsp3) is 0.708. The van der Waals surface area contributed by atoms with Crippen LogP contribution in [0, 0.1) is 11.8 Å². The number of pyridine rings is 1. The second-order valence-corrected chi connectivity index (χ2v) is 9.27. The van der Waals surface area contributed by atoms with Crippen LogP contribution in [0.25, 0.3) is 0 Å². The molecule has 0 aliphatic carbocycles. The summed E-state index contributed by atoms with van der Waals surface area (Å²) in [7, 11) is 1.38. The molecule has 0 radical (unpaired) electrons. The maximum Gasteiger partial charge on any atom is 0.329 e. The van der Waals surface area contributed by atoms with Gasteiger partial charge in [0.25, 0.3) is 5.91 Å². The maximum atomic E-state index is 12.9. The standard InChI is InChI=1S/C24H38N2O7/c1-14(2)12-31-19-9-7-8-17(24(29)33-16(5)22(19)32-13-15(3)4)26-23(28)20-21(27)18(30-6)10-11-25-20/h10-11,14-17,19,22,27H,7-9,12-13H2,1-6H3,(H,26,28). The molecule has 9 heteroatoms. The van der Waals surface area contributed by atoms with E-state index in [4.69, 9.17) is 18.9 Å². The Morgan fingerprint density at radius 3 is 2.52 bits per heavy atom. The molecular weight excluding hydrogens is 428 g/mol. The van der Waals surface area contributed by atoms with Crippen molar-refractivity contribution in [3.05, 3.63) is 18.0 Å². The van der Waals surface area contributed by atoms with E-state index in [1.165, 1.54) is 19.4 Å². The summed E-state index contributed by atoms with van der Waals surface area (Å²) in [5.74, 6) is -0.818. The number of aromatic hydroxyl groups is 1. The number of carbonyl (C=O) groups is 2. The van der Waals surface area contributed by atoms with Crippen LogP contribution in [0.5, 0.6) is 11.5 Å². The first kappa shape index (κ1) is 26.9. The first-order valence-electron chi connectivity index (χ1n) is 11.6.